The molecule has 6 heteroatoms. The van der Waals surface area contributed by atoms with E-state index in [1.165, 1.54) is 13.2 Å². The lowest BCUT2D eigenvalue weighted by atomic mass is 10.1. The van der Waals surface area contributed by atoms with E-state index >= 15 is 0 Å². The lowest BCUT2D eigenvalue weighted by Gasteiger charge is -2.12. The van der Waals surface area contributed by atoms with Crippen molar-refractivity contribution >= 4 is 11.4 Å². The van der Waals surface area contributed by atoms with Crippen LogP contribution in [-0.2, 0) is 6.54 Å². The van der Waals surface area contributed by atoms with E-state index in [0.717, 1.165) is 5.56 Å². The number of nitrogens with one attached hydrogen (secondary N) is 1. The molecule has 20 heavy (non-hydrogen) atoms. The molecule has 0 amide bonds. The first-order chi connectivity index (χ1) is 9.60. The summed E-state index contributed by atoms with van der Waals surface area (Å²) in [7, 11) is 1.53. The van der Waals surface area contributed by atoms with Crippen LogP contribution in [0, 0.1) is 0 Å². The third-order valence-corrected chi connectivity index (χ3v) is 2.80. The summed E-state index contributed by atoms with van der Waals surface area (Å²) in [6.07, 6.45) is -0.944. The summed E-state index contributed by atoms with van der Waals surface area (Å²) in [5.74, 6) is 0.509. The molecule has 0 bridgehead atoms. The minimum atomic E-state index is -2.57. The SMILES string of the molecule is COc1ccc(CNc2ccc(N)cc2C(F)F)cn1. The number of nitrogens with two attached hydrogens (primary N) is 1. The molecule has 2 aromatic rings. The van der Waals surface area contributed by atoms with E-state index in [2.05, 4.69) is 10.3 Å². The molecule has 0 atom stereocenters. The Bertz CT molecular complexity index is 573. The summed E-state index contributed by atoms with van der Waals surface area (Å²) in [6, 6.07) is 7.94. The minimum absolute atomic E-state index is 0.105. The fourth-order valence-electron chi connectivity index (χ4n) is 1.76. The van der Waals surface area contributed by atoms with Gasteiger partial charge in [-0.1, -0.05) is 6.07 Å². The molecule has 1 aromatic carbocycles. The molecule has 2 rings (SSSR count). The van der Waals surface area contributed by atoms with Crippen molar-refractivity contribution in [1.82, 2.24) is 4.98 Å². The molecule has 4 nitrogen and oxygen atoms in total. The Morgan fingerprint density at radius 2 is 2.10 bits per heavy atom. The monoisotopic (exact) mass is 279 g/mol. The van der Waals surface area contributed by atoms with Gasteiger partial charge in [0.2, 0.25) is 5.88 Å². The number of hydrogen-bond donors (Lipinski definition) is 2. The largest absolute Gasteiger partial charge is 0.481 e. The number of pyridine rings is 1. The first kappa shape index (κ1) is 14.0. The van der Waals surface area contributed by atoms with E-state index in [9.17, 15) is 8.78 Å². The molecule has 0 aliphatic carbocycles. The quantitative estimate of drug-likeness (QED) is 0.825. The van der Waals surface area contributed by atoms with Gasteiger partial charge in [-0.15, -0.1) is 0 Å². The van der Waals surface area contributed by atoms with Gasteiger partial charge in [0.05, 0.1) is 7.11 Å². The molecular weight excluding hydrogens is 264 g/mol. The number of rotatable bonds is 5. The number of hydrogen-bond acceptors (Lipinski definition) is 4. The molecule has 0 aliphatic heterocycles. The highest BCUT2D eigenvalue weighted by atomic mass is 19.3. The van der Waals surface area contributed by atoms with Crippen LogP contribution in [0.1, 0.15) is 17.6 Å². The number of anilines is 2. The first-order valence-corrected chi connectivity index (χ1v) is 6.00. The summed E-state index contributed by atoms with van der Waals surface area (Å²) in [4.78, 5) is 4.05. The second-order valence-electron chi connectivity index (χ2n) is 4.21. The number of alkyl halides is 2. The number of methoxy groups -OCH3 is 1. The van der Waals surface area contributed by atoms with E-state index in [4.69, 9.17) is 10.5 Å². The normalized spacial score (nSPS) is 10.6. The van der Waals surface area contributed by atoms with Crippen molar-refractivity contribution in [2.24, 2.45) is 0 Å². The van der Waals surface area contributed by atoms with Gasteiger partial charge in [0, 0.05) is 35.7 Å². The van der Waals surface area contributed by atoms with Gasteiger partial charge < -0.3 is 15.8 Å². The predicted octanol–water partition coefficient (Wildman–Crippen LogP) is 3.22. The van der Waals surface area contributed by atoms with Crippen LogP contribution < -0.4 is 15.8 Å². The van der Waals surface area contributed by atoms with E-state index < -0.39 is 6.43 Å². The van der Waals surface area contributed by atoms with Crippen molar-refractivity contribution in [2.75, 3.05) is 18.2 Å². The molecular formula is C14H15F2N3O. The Morgan fingerprint density at radius 3 is 2.70 bits per heavy atom. The Balaban J connectivity index is 2.10. The molecule has 0 aliphatic rings. The van der Waals surface area contributed by atoms with E-state index in [1.54, 1.807) is 24.4 Å². The zero-order valence-electron chi connectivity index (χ0n) is 10.9. The van der Waals surface area contributed by atoms with Gasteiger partial charge >= 0.3 is 0 Å². The molecule has 0 fully saturated rings. The second-order valence-corrected chi connectivity index (χ2v) is 4.21. The predicted molar refractivity (Wildman–Crippen MR) is 73.9 cm³/mol. The standard InChI is InChI=1S/C14H15F2N3O/c1-20-13-5-2-9(8-19-13)7-18-12-4-3-10(17)6-11(12)14(15)16/h2-6,8,14,18H,7,17H2,1H3. The van der Waals surface area contributed by atoms with Crippen LogP contribution in [0.25, 0.3) is 0 Å². The molecule has 0 saturated heterocycles. The Labute approximate surface area is 115 Å². The molecule has 1 aromatic heterocycles. The zero-order valence-corrected chi connectivity index (χ0v) is 10.9. The highest BCUT2D eigenvalue weighted by Crippen LogP contribution is 2.29. The fraction of sp³-hybridized carbons (Fsp3) is 0.214. The fourth-order valence-corrected chi connectivity index (χ4v) is 1.76. The van der Waals surface area contributed by atoms with Crippen LogP contribution >= 0.6 is 0 Å². The lowest BCUT2D eigenvalue weighted by Crippen LogP contribution is -2.04. The van der Waals surface area contributed by atoms with Crippen LogP contribution in [0.5, 0.6) is 5.88 Å². The van der Waals surface area contributed by atoms with Crippen LogP contribution in [0.2, 0.25) is 0 Å². The van der Waals surface area contributed by atoms with Crippen molar-refractivity contribution in [3.05, 3.63) is 47.7 Å². The van der Waals surface area contributed by atoms with Gasteiger partial charge in [-0.05, 0) is 23.8 Å². The van der Waals surface area contributed by atoms with Gasteiger partial charge in [0.1, 0.15) is 0 Å². The highest BCUT2D eigenvalue weighted by molar-refractivity contribution is 5.58. The molecule has 0 radical (unpaired) electrons. The molecule has 0 spiro atoms. The van der Waals surface area contributed by atoms with Crippen molar-refractivity contribution < 1.29 is 13.5 Å². The average molecular weight is 279 g/mol. The minimum Gasteiger partial charge on any atom is -0.481 e. The van der Waals surface area contributed by atoms with Crippen molar-refractivity contribution in [3.8, 4) is 5.88 Å². The van der Waals surface area contributed by atoms with Gasteiger partial charge in [-0.2, -0.15) is 0 Å². The number of ether oxygens (including phenoxy) is 1. The van der Waals surface area contributed by atoms with Crippen LogP contribution in [0.3, 0.4) is 0 Å². The Kier molecular flexibility index (Phi) is 4.34. The molecule has 3 N–H and O–H groups in total. The molecule has 106 valence electrons. The van der Waals surface area contributed by atoms with Gasteiger partial charge in [-0.3, -0.25) is 0 Å². The zero-order chi connectivity index (χ0) is 14.5. The molecule has 1 heterocycles. The van der Waals surface area contributed by atoms with Crippen molar-refractivity contribution in [3.63, 3.8) is 0 Å². The van der Waals surface area contributed by atoms with E-state index in [0.29, 0.717) is 23.8 Å². The Hall–Kier alpha value is -2.37. The summed E-state index contributed by atoms with van der Waals surface area (Å²) >= 11 is 0. The van der Waals surface area contributed by atoms with Crippen LogP contribution in [0.15, 0.2) is 36.5 Å². The summed E-state index contributed by atoms with van der Waals surface area (Å²) < 4.78 is 30.8. The highest BCUT2D eigenvalue weighted by Gasteiger charge is 2.13. The summed E-state index contributed by atoms with van der Waals surface area (Å²) in [5.41, 5.74) is 6.96. The van der Waals surface area contributed by atoms with Gasteiger partial charge in [-0.25, -0.2) is 13.8 Å². The van der Waals surface area contributed by atoms with Gasteiger partial charge in [0.15, 0.2) is 0 Å². The van der Waals surface area contributed by atoms with Crippen LogP contribution in [-0.4, -0.2) is 12.1 Å². The average Bonchev–Trinajstić information content (AvgIpc) is 2.46. The lowest BCUT2D eigenvalue weighted by molar-refractivity contribution is 0.152. The molecule has 0 saturated carbocycles. The van der Waals surface area contributed by atoms with E-state index in [-0.39, 0.29) is 5.56 Å². The number of aromatic nitrogens is 1. The Morgan fingerprint density at radius 1 is 1.30 bits per heavy atom. The van der Waals surface area contributed by atoms with Crippen LogP contribution in [0.4, 0.5) is 20.2 Å². The van der Waals surface area contributed by atoms with Crippen molar-refractivity contribution in [1.29, 1.82) is 0 Å². The summed E-state index contributed by atoms with van der Waals surface area (Å²) in [5, 5.41) is 2.96. The number of benzene rings is 1. The third-order valence-electron chi connectivity index (χ3n) is 2.80. The number of halogens is 2. The smallest absolute Gasteiger partial charge is 0.265 e. The van der Waals surface area contributed by atoms with E-state index in [1.807, 2.05) is 6.07 Å². The van der Waals surface area contributed by atoms with Crippen molar-refractivity contribution in [2.45, 2.75) is 13.0 Å². The van der Waals surface area contributed by atoms with Gasteiger partial charge in [0.25, 0.3) is 6.43 Å². The number of nitrogens with zero attached hydrogens (tertiary/aromatic N) is 1. The first-order valence-electron chi connectivity index (χ1n) is 6.00. The second kappa shape index (κ2) is 6.18. The third kappa shape index (κ3) is 3.34. The maximum absolute atomic E-state index is 12.9. The molecule has 0 unspecified atom stereocenters. The summed E-state index contributed by atoms with van der Waals surface area (Å²) in [6.45, 7) is 0.390. The number of nitrogen functional groups attached to an aromatic ring is 1. The topological polar surface area (TPSA) is 60.2 Å². The maximum Gasteiger partial charge on any atom is 0.265 e. The maximum atomic E-state index is 12.9.